The van der Waals surface area contributed by atoms with Gasteiger partial charge in [0.2, 0.25) is 11.8 Å². The van der Waals surface area contributed by atoms with E-state index in [9.17, 15) is 28.8 Å². The van der Waals surface area contributed by atoms with E-state index in [2.05, 4.69) is 0 Å². The molecule has 11 heteroatoms. The zero-order valence-corrected chi connectivity index (χ0v) is 20.2. The Morgan fingerprint density at radius 2 is 0.710 bits per heavy atom. The van der Waals surface area contributed by atoms with Crippen LogP contribution in [0.25, 0.3) is 0 Å². The van der Waals surface area contributed by atoms with Gasteiger partial charge in [0.15, 0.2) is 0 Å². The Bertz CT molecular complexity index is 647. The molecule has 180 valence electrons. The predicted octanol–water partition coefficient (Wildman–Crippen LogP) is 1.06. The number of carbonyl (C=O) groups is 6. The molecular formula is C20H36N2O9. The van der Waals surface area contributed by atoms with Crippen molar-refractivity contribution < 1.29 is 44.1 Å². The molecule has 2 amide bonds. The molecule has 0 aromatic heterocycles. The summed E-state index contributed by atoms with van der Waals surface area (Å²) in [6.07, 6.45) is 0. The van der Waals surface area contributed by atoms with Gasteiger partial charge in [0, 0.05) is 28.2 Å². The Hall–Kier alpha value is -2.98. The van der Waals surface area contributed by atoms with Crippen molar-refractivity contribution in [1.29, 1.82) is 0 Å². The van der Waals surface area contributed by atoms with Crippen molar-refractivity contribution in [2.45, 2.75) is 48.5 Å². The summed E-state index contributed by atoms with van der Waals surface area (Å²) in [5.74, 6) is -4.40. The quantitative estimate of drug-likeness (QED) is 0.503. The average Bonchev–Trinajstić information content (AvgIpc) is 2.60. The summed E-state index contributed by atoms with van der Waals surface area (Å²) in [7, 11) is 6.14. The highest BCUT2D eigenvalue weighted by molar-refractivity contribution is 6.01. The number of Topliss-reactive ketones (excluding diaryl/α,β-unsaturated/α-hetero) is 1. The van der Waals surface area contributed by atoms with Crippen LogP contribution in [-0.2, 0) is 28.8 Å². The highest BCUT2D eigenvalue weighted by atomic mass is 16.4. The Kier molecular flexibility index (Phi) is 12.7. The maximum absolute atomic E-state index is 11.2. The lowest BCUT2D eigenvalue weighted by Crippen LogP contribution is -2.41. The second kappa shape index (κ2) is 12.0. The minimum Gasteiger partial charge on any atom is -0.481 e. The molecule has 0 unspecified atom stereocenters. The smallest absolute Gasteiger partial charge is 0.318 e. The Balaban J connectivity index is -0.000000382. The van der Waals surface area contributed by atoms with Gasteiger partial charge in [-0.1, -0.05) is 0 Å². The first-order valence-corrected chi connectivity index (χ1v) is 9.13. The highest BCUT2D eigenvalue weighted by Crippen LogP contribution is 2.18. The fourth-order valence-electron chi connectivity index (χ4n) is 1.45. The monoisotopic (exact) mass is 448 g/mol. The number of hydrogen-bond donors (Lipinski definition) is 3. The zero-order valence-electron chi connectivity index (χ0n) is 20.2. The number of hydrogen-bond acceptors (Lipinski definition) is 6. The molecule has 0 spiro atoms. The van der Waals surface area contributed by atoms with Crippen LogP contribution in [0.5, 0.6) is 0 Å². The fourth-order valence-corrected chi connectivity index (χ4v) is 1.45. The van der Waals surface area contributed by atoms with E-state index < -0.39 is 46.0 Å². The first kappa shape index (κ1) is 32.7. The minimum absolute atomic E-state index is 0.324. The summed E-state index contributed by atoms with van der Waals surface area (Å²) in [5, 5.41) is 25.6. The van der Waals surface area contributed by atoms with Crippen molar-refractivity contribution in [2.24, 2.45) is 16.2 Å². The summed E-state index contributed by atoms with van der Waals surface area (Å²) < 4.78 is 0. The van der Waals surface area contributed by atoms with Crippen molar-refractivity contribution in [3.8, 4) is 0 Å². The molecule has 0 aromatic carbocycles. The number of nitrogens with zero attached hydrogens (tertiary/aromatic N) is 2. The standard InChI is InChI=1S/2C7H13NO3.C6H10O3/c2*1-7(2,6(10)11)5(9)8(3)4;1-4(7)6(2,3)5(8)9/h2*1-4H3,(H,10,11);1-3H3,(H,8,9). The van der Waals surface area contributed by atoms with Crippen LogP contribution in [0, 0.1) is 16.2 Å². The molecule has 0 saturated carbocycles. The van der Waals surface area contributed by atoms with Crippen LogP contribution < -0.4 is 0 Å². The Labute approximate surface area is 183 Å². The number of amides is 2. The van der Waals surface area contributed by atoms with Crippen LogP contribution in [-0.4, -0.2) is 88.8 Å². The normalized spacial score (nSPS) is 10.9. The molecule has 11 nitrogen and oxygen atoms in total. The first-order valence-electron chi connectivity index (χ1n) is 9.13. The molecule has 0 aliphatic heterocycles. The number of rotatable bonds is 6. The second-order valence-electron chi connectivity index (χ2n) is 8.75. The van der Waals surface area contributed by atoms with Crippen LogP contribution in [0.1, 0.15) is 48.5 Å². The molecule has 0 aliphatic rings. The second-order valence-corrected chi connectivity index (χ2v) is 8.75. The van der Waals surface area contributed by atoms with E-state index in [-0.39, 0.29) is 5.78 Å². The summed E-state index contributed by atoms with van der Waals surface area (Å²) >= 11 is 0. The third kappa shape index (κ3) is 10.1. The fraction of sp³-hybridized carbons (Fsp3) is 0.700. The highest BCUT2D eigenvalue weighted by Gasteiger charge is 2.37. The molecule has 31 heavy (non-hydrogen) atoms. The molecule has 0 aromatic rings. The van der Waals surface area contributed by atoms with Gasteiger partial charge in [-0.05, 0) is 48.5 Å². The largest absolute Gasteiger partial charge is 0.481 e. The van der Waals surface area contributed by atoms with Crippen molar-refractivity contribution in [3.63, 3.8) is 0 Å². The van der Waals surface area contributed by atoms with Gasteiger partial charge in [-0.3, -0.25) is 28.8 Å². The van der Waals surface area contributed by atoms with Gasteiger partial charge in [-0.15, -0.1) is 0 Å². The van der Waals surface area contributed by atoms with Crippen molar-refractivity contribution in [1.82, 2.24) is 9.80 Å². The van der Waals surface area contributed by atoms with E-state index in [1.54, 1.807) is 0 Å². The molecule has 0 heterocycles. The molecule has 0 fully saturated rings. The number of carbonyl (C=O) groups excluding carboxylic acids is 3. The van der Waals surface area contributed by atoms with E-state index in [0.29, 0.717) is 0 Å². The van der Waals surface area contributed by atoms with Gasteiger partial charge < -0.3 is 25.1 Å². The van der Waals surface area contributed by atoms with Gasteiger partial charge >= 0.3 is 17.9 Å². The number of carboxylic acid groups (broad SMARTS) is 3. The number of carboxylic acids is 3. The average molecular weight is 449 g/mol. The van der Waals surface area contributed by atoms with Gasteiger partial charge in [0.1, 0.15) is 22.0 Å². The van der Waals surface area contributed by atoms with E-state index in [4.69, 9.17) is 15.3 Å². The lowest BCUT2D eigenvalue weighted by atomic mass is 9.89. The van der Waals surface area contributed by atoms with E-state index in [0.717, 1.165) is 0 Å². The molecule has 0 radical (unpaired) electrons. The van der Waals surface area contributed by atoms with Crippen LogP contribution in [0.15, 0.2) is 0 Å². The molecule has 3 N–H and O–H groups in total. The maximum atomic E-state index is 11.2. The Morgan fingerprint density at radius 1 is 0.516 bits per heavy atom. The van der Waals surface area contributed by atoms with Crippen molar-refractivity contribution in [2.75, 3.05) is 28.2 Å². The zero-order chi connectivity index (χ0) is 26.1. The van der Waals surface area contributed by atoms with Gasteiger partial charge in [-0.2, -0.15) is 0 Å². The lowest BCUT2D eigenvalue weighted by Gasteiger charge is -2.22. The maximum Gasteiger partial charge on any atom is 0.318 e. The minimum atomic E-state index is -1.32. The lowest BCUT2D eigenvalue weighted by molar-refractivity contribution is -0.158. The molecule has 0 atom stereocenters. The third-order valence-corrected chi connectivity index (χ3v) is 4.37. The first-order chi connectivity index (χ1) is 13.5. The number of aliphatic carboxylic acids is 3. The summed E-state index contributed by atoms with van der Waals surface area (Å²) in [6, 6.07) is 0. The Morgan fingerprint density at radius 3 is 0.742 bits per heavy atom. The van der Waals surface area contributed by atoms with Crippen LogP contribution in [0.2, 0.25) is 0 Å². The van der Waals surface area contributed by atoms with Crippen LogP contribution in [0.3, 0.4) is 0 Å². The summed E-state index contributed by atoms with van der Waals surface area (Å²) in [5.41, 5.74) is -3.85. The SMILES string of the molecule is CC(=O)C(C)(C)C(=O)O.CN(C)C(=O)C(C)(C)C(=O)O.CN(C)C(=O)C(C)(C)C(=O)O. The molecular weight excluding hydrogens is 412 g/mol. The van der Waals surface area contributed by atoms with Gasteiger partial charge in [0.05, 0.1) is 0 Å². The van der Waals surface area contributed by atoms with Crippen LogP contribution >= 0.6 is 0 Å². The van der Waals surface area contributed by atoms with Gasteiger partial charge in [-0.25, -0.2) is 0 Å². The van der Waals surface area contributed by atoms with E-state index in [1.807, 2.05) is 0 Å². The molecule has 0 rings (SSSR count). The topological polar surface area (TPSA) is 170 Å². The van der Waals surface area contributed by atoms with E-state index in [1.165, 1.54) is 86.5 Å². The van der Waals surface area contributed by atoms with Crippen molar-refractivity contribution in [3.05, 3.63) is 0 Å². The summed E-state index contributed by atoms with van der Waals surface area (Å²) in [6.45, 7) is 9.59. The number of ketones is 1. The van der Waals surface area contributed by atoms with Gasteiger partial charge in [0.25, 0.3) is 0 Å². The molecule has 0 aliphatic carbocycles. The molecule has 0 bridgehead atoms. The third-order valence-electron chi connectivity index (χ3n) is 4.37. The van der Waals surface area contributed by atoms with E-state index >= 15 is 0 Å². The molecule has 0 saturated heterocycles. The van der Waals surface area contributed by atoms with Crippen LogP contribution in [0.4, 0.5) is 0 Å². The predicted molar refractivity (Wildman–Crippen MR) is 112 cm³/mol. The summed E-state index contributed by atoms with van der Waals surface area (Å²) in [4.78, 5) is 66.7. The van der Waals surface area contributed by atoms with Crippen molar-refractivity contribution >= 4 is 35.5 Å².